The summed E-state index contributed by atoms with van der Waals surface area (Å²) in [7, 11) is 1.64. The van der Waals surface area contributed by atoms with Crippen molar-refractivity contribution in [2.24, 2.45) is 5.92 Å². The van der Waals surface area contributed by atoms with Crippen LogP contribution in [0.5, 0.6) is 5.75 Å². The molecule has 2 aromatic rings. The van der Waals surface area contributed by atoms with Gasteiger partial charge in [0.1, 0.15) is 5.75 Å². The van der Waals surface area contributed by atoms with Crippen molar-refractivity contribution < 1.29 is 9.53 Å². The number of rotatable bonds is 7. The van der Waals surface area contributed by atoms with Crippen LogP contribution in [0.4, 0.5) is 0 Å². The molecule has 2 heterocycles. The third-order valence-electron chi connectivity index (χ3n) is 4.76. The Labute approximate surface area is 161 Å². The number of methoxy groups -OCH3 is 1. The van der Waals surface area contributed by atoms with Crippen molar-refractivity contribution >= 4 is 5.91 Å². The number of fused-ring (bicyclic) bond motifs is 1. The Morgan fingerprint density at radius 1 is 1.26 bits per heavy atom. The molecule has 3 rings (SSSR count). The minimum atomic E-state index is 0.00444. The van der Waals surface area contributed by atoms with Gasteiger partial charge in [0, 0.05) is 26.2 Å². The number of aryl methyl sites for hydroxylation is 1. The number of hydrogen-bond acceptors (Lipinski definition) is 4. The molecular formula is C21H30N4O2. The normalized spacial score (nSPS) is 14.7. The third kappa shape index (κ3) is 5.57. The van der Waals surface area contributed by atoms with Crippen LogP contribution in [0.2, 0.25) is 0 Å². The molecule has 1 aromatic carbocycles. The zero-order valence-corrected chi connectivity index (χ0v) is 16.6. The summed E-state index contributed by atoms with van der Waals surface area (Å²) in [5.74, 6) is 1.46. The van der Waals surface area contributed by atoms with Crippen molar-refractivity contribution in [1.29, 1.82) is 0 Å². The zero-order valence-electron chi connectivity index (χ0n) is 16.6. The lowest BCUT2D eigenvalue weighted by molar-refractivity contribution is -0.120. The fourth-order valence-electron chi connectivity index (χ4n) is 3.53. The summed E-state index contributed by atoms with van der Waals surface area (Å²) in [6.07, 6.45) is 1.48. The molecule has 1 N–H and O–H groups in total. The predicted octanol–water partition coefficient (Wildman–Crippen LogP) is 2.61. The summed E-state index contributed by atoms with van der Waals surface area (Å²) >= 11 is 0. The summed E-state index contributed by atoms with van der Waals surface area (Å²) in [6, 6.07) is 9.71. The number of ether oxygens (including phenoxy) is 1. The fraction of sp³-hybridized carbons (Fsp3) is 0.524. The molecule has 0 saturated heterocycles. The Balaban J connectivity index is 1.53. The largest absolute Gasteiger partial charge is 0.497 e. The summed E-state index contributed by atoms with van der Waals surface area (Å²) in [4.78, 5) is 14.7. The van der Waals surface area contributed by atoms with E-state index in [4.69, 9.17) is 4.74 Å². The maximum Gasteiger partial charge on any atom is 0.224 e. The Morgan fingerprint density at radius 2 is 2.04 bits per heavy atom. The van der Waals surface area contributed by atoms with E-state index in [1.807, 2.05) is 24.3 Å². The Bertz CT molecular complexity index is 752. The lowest BCUT2D eigenvalue weighted by Crippen LogP contribution is -2.27. The van der Waals surface area contributed by atoms with E-state index in [0.717, 1.165) is 49.6 Å². The van der Waals surface area contributed by atoms with E-state index in [9.17, 15) is 4.79 Å². The average Bonchev–Trinajstić information content (AvgIpc) is 2.92. The van der Waals surface area contributed by atoms with Crippen LogP contribution < -0.4 is 10.1 Å². The van der Waals surface area contributed by atoms with Gasteiger partial charge in [-0.25, -0.2) is 0 Å². The zero-order chi connectivity index (χ0) is 19.2. The number of nitrogens with zero attached hydrogens (tertiary/aromatic N) is 3. The molecule has 0 saturated carbocycles. The van der Waals surface area contributed by atoms with Crippen molar-refractivity contribution in [2.45, 2.75) is 46.3 Å². The van der Waals surface area contributed by atoms with E-state index in [0.29, 0.717) is 18.9 Å². The lowest BCUT2D eigenvalue weighted by Gasteiger charge is -2.21. The van der Waals surface area contributed by atoms with Crippen molar-refractivity contribution in [3.8, 4) is 5.75 Å². The Hall–Kier alpha value is -2.34. The molecule has 6 nitrogen and oxygen atoms in total. The quantitative estimate of drug-likeness (QED) is 0.814. The molecule has 0 bridgehead atoms. The van der Waals surface area contributed by atoms with Crippen LogP contribution >= 0.6 is 0 Å². The molecule has 1 aromatic heterocycles. The first-order chi connectivity index (χ1) is 13.0. The number of aromatic nitrogens is 2. The standard InChI is InChI=1S/C21H30N4O2/c1-16(2)14-24-9-4-10-25-19(15-24)12-18(23-25)13-22-21(26)11-17-5-7-20(27-3)8-6-17/h5-8,12,16H,4,9-11,13-15H2,1-3H3,(H,22,26). The van der Waals surface area contributed by atoms with Crippen molar-refractivity contribution in [1.82, 2.24) is 20.0 Å². The van der Waals surface area contributed by atoms with Crippen molar-refractivity contribution in [3.05, 3.63) is 47.3 Å². The van der Waals surface area contributed by atoms with Crippen LogP contribution in [0.25, 0.3) is 0 Å². The summed E-state index contributed by atoms with van der Waals surface area (Å²) < 4.78 is 7.24. The molecule has 0 fully saturated rings. The van der Waals surface area contributed by atoms with Gasteiger partial charge in [0.05, 0.1) is 31.5 Å². The number of amides is 1. The molecule has 0 atom stereocenters. The third-order valence-corrected chi connectivity index (χ3v) is 4.76. The minimum absolute atomic E-state index is 0.00444. The number of carbonyl (C=O) groups is 1. The highest BCUT2D eigenvalue weighted by Crippen LogP contribution is 2.15. The molecule has 0 spiro atoms. The second-order valence-electron chi connectivity index (χ2n) is 7.63. The van der Waals surface area contributed by atoms with E-state index < -0.39 is 0 Å². The van der Waals surface area contributed by atoms with Gasteiger partial charge in [-0.2, -0.15) is 5.10 Å². The minimum Gasteiger partial charge on any atom is -0.497 e. The molecule has 0 aliphatic carbocycles. The summed E-state index contributed by atoms with van der Waals surface area (Å²) in [5.41, 5.74) is 3.14. The fourth-order valence-corrected chi connectivity index (χ4v) is 3.53. The first-order valence-corrected chi connectivity index (χ1v) is 9.71. The summed E-state index contributed by atoms with van der Waals surface area (Å²) in [5, 5.41) is 7.67. The van der Waals surface area contributed by atoms with Gasteiger partial charge in [-0.15, -0.1) is 0 Å². The highest BCUT2D eigenvalue weighted by atomic mass is 16.5. The monoisotopic (exact) mass is 370 g/mol. The maximum absolute atomic E-state index is 12.2. The molecule has 146 valence electrons. The molecular weight excluding hydrogens is 340 g/mol. The second-order valence-corrected chi connectivity index (χ2v) is 7.63. The smallest absolute Gasteiger partial charge is 0.224 e. The number of benzene rings is 1. The van der Waals surface area contributed by atoms with Gasteiger partial charge in [-0.1, -0.05) is 26.0 Å². The van der Waals surface area contributed by atoms with Gasteiger partial charge in [0.2, 0.25) is 5.91 Å². The van der Waals surface area contributed by atoms with Gasteiger partial charge >= 0.3 is 0 Å². The average molecular weight is 370 g/mol. The summed E-state index contributed by atoms with van der Waals surface area (Å²) in [6.45, 7) is 9.10. The predicted molar refractivity (Wildman–Crippen MR) is 106 cm³/mol. The van der Waals surface area contributed by atoms with Gasteiger partial charge in [0.15, 0.2) is 0 Å². The van der Waals surface area contributed by atoms with Crippen molar-refractivity contribution in [3.63, 3.8) is 0 Å². The highest BCUT2D eigenvalue weighted by Gasteiger charge is 2.17. The Kier molecular flexibility index (Phi) is 6.50. The van der Waals surface area contributed by atoms with Crippen LogP contribution in [0.15, 0.2) is 30.3 Å². The molecule has 1 aliphatic rings. The van der Waals surface area contributed by atoms with E-state index >= 15 is 0 Å². The number of hydrogen-bond donors (Lipinski definition) is 1. The number of carbonyl (C=O) groups excluding carboxylic acids is 1. The van der Waals surface area contributed by atoms with E-state index in [-0.39, 0.29) is 5.91 Å². The molecule has 0 radical (unpaired) electrons. The maximum atomic E-state index is 12.2. The molecule has 27 heavy (non-hydrogen) atoms. The molecule has 1 amide bonds. The van der Waals surface area contributed by atoms with Crippen molar-refractivity contribution in [2.75, 3.05) is 20.2 Å². The topological polar surface area (TPSA) is 59.4 Å². The molecule has 0 unspecified atom stereocenters. The van der Waals surface area contributed by atoms with Gasteiger partial charge in [-0.3, -0.25) is 14.4 Å². The van der Waals surface area contributed by atoms with Crippen LogP contribution in [-0.4, -0.2) is 40.8 Å². The first-order valence-electron chi connectivity index (χ1n) is 9.71. The number of nitrogens with one attached hydrogen (secondary N) is 1. The lowest BCUT2D eigenvalue weighted by atomic mass is 10.1. The van der Waals surface area contributed by atoms with Crippen LogP contribution in [0.1, 0.15) is 37.2 Å². The van der Waals surface area contributed by atoms with E-state index in [2.05, 4.69) is 39.9 Å². The molecule has 6 heteroatoms. The second kappa shape index (κ2) is 9.04. The Morgan fingerprint density at radius 3 is 2.74 bits per heavy atom. The van der Waals surface area contributed by atoms with Gasteiger partial charge in [0.25, 0.3) is 0 Å². The van der Waals surface area contributed by atoms with E-state index in [1.165, 1.54) is 5.69 Å². The molecule has 1 aliphatic heterocycles. The van der Waals surface area contributed by atoms with Crippen LogP contribution in [0.3, 0.4) is 0 Å². The first kappa shape index (κ1) is 19.4. The van der Waals surface area contributed by atoms with Gasteiger partial charge < -0.3 is 10.1 Å². The van der Waals surface area contributed by atoms with E-state index in [1.54, 1.807) is 7.11 Å². The van der Waals surface area contributed by atoms with Crippen LogP contribution in [0, 0.1) is 5.92 Å². The highest BCUT2D eigenvalue weighted by molar-refractivity contribution is 5.78. The van der Waals surface area contributed by atoms with Crippen LogP contribution in [-0.2, 0) is 30.8 Å². The SMILES string of the molecule is COc1ccc(CC(=O)NCc2cc3n(n2)CCCN(CC(C)C)C3)cc1. The van der Waals surface area contributed by atoms with Gasteiger partial charge in [-0.05, 0) is 36.1 Å².